The summed E-state index contributed by atoms with van der Waals surface area (Å²) < 4.78 is 6.32. The molecule has 178 valence electrons. The third kappa shape index (κ3) is 6.07. The van der Waals surface area contributed by atoms with Crippen molar-refractivity contribution in [3.8, 4) is 5.75 Å². The number of rotatable bonds is 10. The monoisotopic (exact) mass is 448 g/mol. The molecule has 0 bridgehead atoms. The molecular weight excluding hydrogens is 408 g/mol. The summed E-state index contributed by atoms with van der Waals surface area (Å²) in [5, 5.41) is 9.99. The maximum Gasteiger partial charge on any atom is 0.336 e. The first-order valence-electron chi connectivity index (χ1n) is 12.5. The van der Waals surface area contributed by atoms with E-state index in [-0.39, 0.29) is 16.4 Å². The van der Waals surface area contributed by atoms with Crippen molar-refractivity contribution in [2.45, 2.75) is 90.4 Å². The average Bonchev–Trinajstić information content (AvgIpc) is 2.78. The fourth-order valence-electron chi connectivity index (χ4n) is 4.78. The molecule has 0 amide bonds. The number of carboxylic acid groups (broad SMARTS) is 1. The van der Waals surface area contributed by atoms with Crippen LogP contribution in [0.3, 0.4) is 0 Å². The number of fused-ring (bicyclic) bond motifs is 1. The summed E-state index contributed by atoms with van der Waals surface area (Å²) in [5.41, 5.74) is 4.59. The van der Waals surface area contributed by atoms with Crippen LogP contribution in [0.4, 0.5) is 0 Å². The van der Waals surface area contributed by atoms with Gasteiger partial charge in [-0.05, 0) is 65.0 Å². The molecule has 0 saturated heterocycles. The number of hydrogen-bond donors (Lipinski definition) is 1. The van der Waals surface area contributed by atoms with Crippen LogP contribution in [0.5, 0.6) is 5.75 Å². The SMILES string of the molecule is CCCCCCCOc1cc2c(cc1C=C(C(=O)O)c1ccccc1)C(C)(C)CCC2(C)C. The van der Waals surface area contributed by atoms with Crippen LogP contribution in [0.15, 0.2) is 42.5 Å². The van der Waals surface area contributed by atoms with Gasteiger partial charge in [0.1, 0.15) is 5.75 Å². The van der Waals surface area contributed by atoms with Crippen molar-refractivity contribution >= 4 is 17.6 Å². The zero-order chi connectivity index (χ0) is 24.1. The lowest BCUT2D eigenvalue weighted by Gasteiger charge is -2.42. The van der Waals surface area contributed by atoms with Crippen LogP contribution in [0.2, 0.25) is 0 Å². The molecule has 0 aromatic heterocycles. The fourth-order valence-corrected chi connectivity index (χ4v) is 4.78. The predicted molar refractivity (Wildman–Crippen MR) is 138 cm³/mol. The number of aliphatic carboxylic acids is 1. The zero-order valence-corrected chi connectivity index (χ0v) is 21.0. The number of carboxylic acids is 1. The van der Waals surface area contributed by atoms with Crippen molar-refractivity contribution in [1.82, 2.24) is 0 Å². The Bertz CT molecular complexity index is 983. The summed E-state index contributed by atoms with van der Waals surface area (Å²) in [4.78, 5) is 12.2. The second-order valence-corrected chi connectivity index (χ2v) is 10.7. The molecule has 3 rings (SSSR count). The largest absolute Gasteiger partial charge is 0.493 e. The van der Waals surface area contributed by atoms with Gasteiger partial charge in [-0.25, -0.2) is 4.79 Å². The van der Waals surface area contributed by atoms with E-state index in [9.17, 15) is 9.90 Å². The maximum absolute atomic E-state index is 12.2. The normalized spacial score (nSPS) is 16.8. The van der Waals surface area contributed by atoms with E-state index < -0.39 is 5.97 Å². The Labute approximate surface area is 199 Å². The summed E-state index contributed by atoms with van der Waals surface area (Å²) >= 11 is 0. The van der Waals surface area contributed by atoms with Crippen molar-refractivity contribution in [2.24, 2.45) is 0 Å². The summed E-state index contributed by atoms with van der Waals surface area (Å²) in [6, 6.07) is 13.7. The van der Waals surface area contributed by atoms with E-state index in [1.807, 2.05) is 30.3 Å². The summed E-state index contributed by atoms with van der Waals surface area (Å²) in [6.07, 6.45) is 9.92. The fraction of sp³-hybridized carbons (Fsp3) is 0.500. The van der Waals surface area contributed by atoms with Crippen LogP contribution in [0.25, 0.3) is 11.6 Å². The van der Waals surface area contributed by atoms with Gasteiger partial charge in [0.25, 0.3) is 0 Å². The van der Waals surface area contributed by atoms with Crippen molar-refractivity contribution in [3.05, 3.63) is 64.7 Å². The minimum Gasteiger partial charge on any atom is -0.493 e. The van der Waals surface area contributed by atoms with Crippen LogP contribution < -0.4 is 4.74 Å². The molecule has 3 heteroatoms. The molecule has 3 nitrogen and oxygen atoms in total. The van der Waals surface area contributed by atoms with Gasteiger partial charge in [0.15, 0.2) is 0 Å². The Hall–Kier alpha value is -2.55. The second kappa shape index (κ2) is 10.6. The standard InChI is InChI=1S/C30H40O3/c1-6-7-8-9-13-18-33-27-21-26-25(29(2,3)16-17-30(26,4)5)20-23(27)19-24(28(31)32)22-14-11-10-12-15-22/h10-12,14-15,19-21H,6-9,13,16-18H2,1-5H3,(H,31,32). The van der Waals surface area contributed by atoms with Gasteiger partial charge in [-0.1, -0.05) is 90.6 Å². The first kappa shape index (κ1) is 25.1. The molecule has 0 radical (unpaired) electrons. The summed E-state index contributed by atoms with van der Waals surface area (Å²) in [7, 11) is 0. The highest BCUT2D eigenvalue weighted by molar-refractivity contribution is 6.20. The molecule has 0 saturated carbocycles. The molecule has 1 N–H and O–H groups in total. The van der Waals surface area contributed by atoms with Gasteiger partial charge >= 0.3 is 5.97 Å². The van der Waals surface area contributed by atoms with E-state index in [1.165, 1.54) is 30.4 Å². The van der Waals surface area contributed by atoms with E-state index >= 15 is 0 Å². The minimum atomic E-state index is -0.927. The Balaban J connectivity index is 2.05. The van der Waals surface area contributed by atoms with Crippen LogP contribution in [-0.4, -0.2) is 17.7 Å². The highest BCUT2D eigenvalue weighted by Crippen LogP contribution is 2.48. The van der Waals surface area contributed by atoms with Gasteiger partial charge in [0, 0.05) is 5.56 Å². The molecular formula is C30H40O3. The number of ether oxygens (including phenoxy) is 1. The summed E-state index contributed by atoms with van der Waals surface area (Å²) in [6.45, 7) is 12.1. The zero-order valence-electron chi connectivity index (χ0n) is 21.0. The van der Waals surface area contributed by atoms with Crippen LogP contribution in [-0.2, 0) is 15.6 Å². The van der Waals surface area contributed by atoms with Gasteiger partial charge in [0.05, 0.1) is 12.2 Å². The molecule has 0 fully saturated rings. The molecule has 0 spiro atoms. The predicted octanol–water partition coefficient (Wildman–Crippen LogP) is 8.01. The quantitative estimate of drug-likeness (QED) is 0.227. The van der Waals surface area contributed by atoms with Crippen molar-refractivity contribution in [1.29, 1.82) is 0 Å². The number of carbonyl (C=O) groups is 1. The Kier molecular flexibility index (Phi) is 8.05. The first-order valence-corrected chi connectivity index (χ1v) is 12.5. The lowest BCUT2D eigenvalue weighted by molar-refractivity contribution is -0.130. The van der Waals surface area contributed by atoms with Crippen molar-refractivity contribution in [2.75, 3.05) is 6.61 Å². The van der Waals surface area contributed by atoms with Crippen molar-refractivity contribution in [3.63, 3.8) is 0 Å². The third-order valence-electron chi connectivity index (χ3n) is 7.10. The average molecular weight is 449 g/mol. The lowest BCUT2D eigenvalue weighted by Crippen LogP contribution is -2.34. The molecule has 0 heterocycles. The first-order chi connectivity index (χ1) is 15.7. The van der Waals surface area contributed by atoms with Crippen LogP contribution in [0.1, 0.15) is 102 Å². The van der Waals surface area contributed by atoms with Gasteiger partial charge < -0.3 is 9.84 Å². The molecule has 1 aliphatic rings. The van der Waals surface area contributed by atoms with Gasteiger partial charge in [-0.15, -0.1) is 0 Å². The van der Waals surface area contributed by atoms with Gasteiger partial charge in [0.2, 0.25) is 0 Å². The van der Waals surface area contributed by atoms with E-state index in [0.717, 1.165) is 37.0 Å². The van der Waals surface area contributed by atoms with Gasteiger partial charge in [-0.3, -0.25) is 0 Å². The van der Waals surface area contributed by atoms with E-state index in [2.05, 4.69) is 46.8 Å². The van der Waals surface area contributed by atoms with E-state index in [1.54, 1.807) is 6.08 Å². The van der Waals surface area contributed by atoms with Crippen LogP contribution >= 0.6 is 0 Å². The highest BCUT2D eigenvalue weighted by atomic mass is 16.5. The van der Waals surface area contributed by atoms with Crippen molar-refractivity contribution < 1.29 is 14.6 Å². The minimum absolute atomic E-state index is 0.0439. The summed E-state index contributed by atoms with van der Waals surface area (Å²) in [5.74, 6) is -0.131. The Morgan fingerprint density at radius 2 is 1.55 bits per heavy atom. The maximum atomic E-state index is 12.2. The van der Waals surface area contributed by atoms with Gasteiger partial charge in [-0.2, -0.15) is 0 Å². The highest BCUT2D eigenvalue weighted by Gasteiger charge is 2.37. The van der Waals surface area contributed by atoms with Crippen LogP contribution in [0, 0.1) is 0 Å². The number of hydrogen-bond acceptors (Lipinski definition) is 2. The molecule has 2 aromatic carbocycles. The molecule has 0 aliphatic heterocycles. The lowest BCUT2D eigenvalue weighted by atomic mass is 9.63. The Morgan fingerprint density at radius 3 is 2.15 bits per heavy atom. The molecule has 0 atom stereocenters. The molecule has 33 heavy (non-hydrogen) atoms. The Morgan fingerprint density at radius 1 is 0.939 bits per heavy atom. The number of unbranched alkanes of at least 4 members (excludes halogenated alkanes) is 4. The molecule has 2 aromatic rings. The van der Waals surface area contributed by atoms with E-state index in [0.29, 0.717) is 12.2 Å². The second-order valence-electron chi connectivity index (χ2n) is 10.7. The molecule has 1 aliphatic carbocycles. The molecule has 0 unspecified atom stereocenters. The smallest absolute Gasteiger partial charge is 0.336 e. The third-order valence-corrected chi connectivity index (χ3v) is 7.10. The van der Waals surface area contributed by atoms with E-state index in [4.69, 9.17) is 4.74 Å². The topological polar surface area (TPSA) is 46.5 Å². The number of benzene rings is 2.